The van der Waals surface area contributed by atoms with Crippen LogP contribution in [0.4, 0.5) is 0 Å². The number of benzene rings is 1. The molecule has 0 atom stereocenters. The highest BCUT2D eigenvalue weighted by atomic mass is 16.1. The number of carbonyl (C=O) groups is 1. The first-order valence-electron chi connectivity index (χ1n) is 5.36. The molecule has 2 aromatic rings. The molecule has 0 fully saturated rings. The van der Waals surface area contributed by atoms with E-state index in [9.17, 15) is 4.79 Å². The molecule has 16 heavy (non-hydrogen) atoms. The first kappa shape index (κ1) is 10.7. The number of nitrogens with zero attached hydrogens (tertiary/aromatic N) is 1. The van der Waals surface area contributed by atoms with Gasteiger partial charge in [0.1, 0.15) is 0 Å². The van der Waals surface area contributed by atoms with Crippen LogP contribution in [-0.2, 0) is 13.5 Å². The van der Waals surface area contributed by atoms with E-state index in [1.54, 1.807) is 0 Å². The molecule has 2 heteroatoms. The lowest BCUT2D eigenvalue weighted by Gasteiger charge is -2.05. The topological polar surface area (TPSA) is 22.0 Å². The number of hydrogen-bond donors (Lipinski definition) is 0. The summed E-state index contributed by atoms with van der Waals surface area (Å²) in [5, 5.41) is 0. The Hall–Kier alpha value is -1.83. The fourth-order valence-corrected chi connectivity index (χ4v) is 1.78. The van der Waals surface area contributed by atoms with Crippen molar-refractivity contribution in [2.75, 3.05) is 0 Å². The fourth-order valence-electron chi connectivity index (χ4n) is 1.78. The second kappa shape index (κ2) is 4.35. The van der Waals surface area contributed by atoms with Crippen molar-refractivity contribution in [1.82, 2.24) is 4.57 Å². The Balaban J connectivity index is 2.23. The van der Waals surface area contributed by atoms with Crippen molar-refractivity contribution < 1.29 is 4.79 Å². The molecule has 2 nitrogen and oxygen atoms in total. The molecule has 0 spiro atoms. The molecule has 1 aromatic carbocycles. The van der Waals surface area contributed by atoms with Gasteiger partial charge in [0.05, 0.1) is 5.69 Å². The summed E-state index contributed by atoms with van der Waals surface area (Å²) in [6, 6.07) is 12.3. The van der Waals surface area contributed by atoms with Crippen molar-refractivity contribution in [2.45, 2.75) is 13.3 Å². The maximum atomic E-state index is 10.7. The molecule has 0 saturated carbocycles. The Labute approximate surface area is 95.5 Å². The molecule has 0 bridgehead atoms. The van der Waals surface area contributed by atoms with E-state index >= 15 is 0 Å². The van der Waals surface area contributed by atoms with Gasteiger partial charge in [-0.25, -0.2) is 0 Å². The summed E-state index contributed by atoms with van der Waals surface area (Å²) in [4.78, 5) is 10.7. The minimum absolute atomic E-state index is 0.724. The summed E-state index contributed by atoms with van der Waals surface area (Å²) in [6.45, 7) is 2.08. The highest BCUT2D eigenvalue weighted by Gasteiger charge is 2.04. The average molecular weight is 213 g/mol. The van der Waals surface area contributed by atoms with Crippen LogP contribution in [-0.4, -0.2) is 10.9 Å². The summed E-state index contributed by atoms with van der Waals surface area (Å²) >= 11 is 0. The molecule has 0 aliphatic rings. The molecule has 2 rings (SSSR count). The van der Waals surface area contributed by atoms with Gasteiger partial charge in [0.25, 0.3) is 0 Å². The molecule has 82 valence electrons. The lowest BCUT2D eigenvalue weighted by Crippen LogP contribution is -2.01. The van der Waals surface area contributed by atoms with Gasteiger partial charge in [-0.15, -0.1) is 0 Å². The molecular formula is C14H15NO. The zero-order chi connectivity index (χ0) is 11.5. The summed E-state index contributed by atoms with van der Waals surface area (Å²) in [6.07, 6.45) is 1.75. The third kappa shape index (κ3) is 2.06. The van der Waals surface area contributed by atoms with E-state index in [0.717, 1.165) is 24.1 Å². The Kier molecular flexibility index (Phi) is 2.91. The maximum Gasteiger partial charge on any atom is 0.166 e. The van der Waals surface area contributed by atoms with E-state index in [4.69, 9.17) is 0 Å². The standard InChI is InChI=1S/C14H15NO/c1-11-3-5-12(6-4-11)9-13-7-8-14(10-16)15(13)2/h3-8,10H,9H2,1-2H3. The second-order valence-corrected chi connectivity index (χ2v) is 4.09. The normalized spacial score (nSPS) is 10.4. The van der Waals surface area contributed by atoms with Gasteiger partial charge in [0.2, 0.25) is 0 Å². The molecule has 0 aliphatic heterocycles. The third-order valence-corrected chi connectivity index (χ3v) is 2.89. The molecule has 1 aromatic heterocycles. The van der Waals surface area contributed by atoms with Gasteiger partial charge in [0.15, 0.2) is 6.29 Å². The van der Waals surface area contributed by atoms with E-state index < -0.39 is 0 Å². The Morgan fingerprint density at radius 1 is 1.12 bits per heavy atom. The zero-order valence-corrected chi connectivity index (χ0v) is 9.60. The molecule has 0 aliphatic carbocycles. The molecular weight excluding hydrogens is 198 g/mol. The lowest BCUT2D eigenvalue weighted by atomic mass is 10.1. The zero-order valence-electron chi connectivity index (χ0n) is 9.60. The first-order valence-corrected chi connectivity index (χ1v) is 5.36. The first-order chi connectivity index (χ1) is 7.70. The molecule has 0 saturated heterocycles. The van der Waals surface area contributed by atoms with Gasteiger partial charge < -0.3 is 4.57 Å². The van der Waals surface area contributed by atoms with Crippen LogP contribution in [0.5, 0.6) is 0 Å². The molecule has 0 radical (unpaired) electrons. The number of aryl methyl sites for hydroxylation is 1. The molecule has 0 N–H and O–H groups in total. The minimum Gasteiger partial charge on any atom is -0.345 e. The van der Waals surface area contributed by atoms with E-state index in [0.29, 0.717) is 0 Å². The summed E-state index contributed by atoms with van der Waals surface area (Å²) in [7, 11) is 1.92. The van der Waals surface area contributed by atoms with Crippen LogP contribution >= 0.6 is 0 Å². The largest absolute Gasteiger partial charge is 0.345 e. The fraction of sp³-hybridized carbons (Fsp3) is 0.214. The van der Waals surface area contributed by atoms with Crippen molar-refractivity contribution in [2.24, 2.45) is 7.05 Å². The number of rotatable bonds is 3. The van der Waals surface area contributed by atoms with E-state index in [-0.39, 0.29) is 0 Å². The van der Waals surface area contributed by atoms with Gasteiger partial charge in [-0.3, -0.25) is 4.79 Å². The SMILES string of the molecule is Cc1ccc(Cc2ccc(C=O)n2C)cc1. The van der Waals surface area contributed by atoms with Crippen LogP contribution in [0.15, 0.2) is 36.4 Å². The summed E-state index contributed by atoms with van der Waals surface area (Å²) in [5.41, 5.74) is 4.42. The second-order valence-electron chi connectivity index (χ2n) is 4.09. The van der Waals surface area contributed by atoms with Crippen molar-refractivity contribution in [3.63, 3.8) is 0 Å². The predicted molar refractivity (Wildman–Crippen MR) is 64.8 cm³/mol. The summed E-state index contributed by atoms with van der Waals surface area (Å²) < 4.78 is 1.94. The monoisotopic (exact) mass is 213 g/mol. The quantitative estimate of drug-likeness (QED) is 0.718. The van der Waals surface area contributed by atoms with Gasteiger partial charge in [-0.05, 0) is 24.6 Å². The van der Waals surface area contributed by atoms with Gasteiger partial charge in [-0.1, -0.05) is 29.8 Å². The Morgan fingerprint density at radius 2 is 1.81 bits per heavy atom. The van der Waals surface area contributed by atoms with Crippen molar-refractivity contribution in [1.29, 1.82) is 0 Å². The highest BCUT2D eigenvalue weighted by molar-refractivity contribution is 5.72. The number of aromatic nitrogens is 1. The van der Waals surface area contributed by atoms with Crippen LogP contribution in [0.25, 0.3) is 0 Å². The Morgan fingerprint density at radius 3 is 2.38 bits per heavy atom. The van der Waals surface area contributed by atoms with Gasteiger partial charge in [-0.2, -0.15) is 0 Å². The Bertz CT molecular complexity index is 494. The summed E-state index contributed by atoms with van der Waals surface area (Å²) in [5.74, 6) is 0. The smallest absolute Gasteiger partial charge is 0.166 e. The average Bonchev–Trinajstić information content (AvgIpc) is 2.63. The third-order valence-electron chi connectivity index (χ3n) is 2.89. The number of hydrogen-bond acceptors (Lipinski definition) is 1. The van der Waals surface area contributed by atoms with Crippen molar-refractivity contribution in [3.05, 3.63) is 58.9 Å². The van der Waals surface area contributed by atoms with E-state index in [1.165, 1.54) is 11.1 Å². The molecule has 1 heterocycles. The minimum atomic E-state index is 0.724. The van der Waals surface area contributed by atoms with Gasteiger partial charge >= 0.3 is 0 Å². The van der Waals surface area contributed by atoms with Crippen molar-refractivity contribution in [3.8, 4) is 0 Å². The van der Waals surface area contributed by atoms with Gasteiger partial charge in [0, 0.05) is 19.2 Å². The van der Waals surface area contributed by atoms with Crippen LogP contribution in [0.3, 0.4) is 0 Å². The highest BCUT2D eigenvalue weighted by Crippen LogP contribution is 2.12. The van der Waals surface area contributed by atoms with Crippen LogP contribution in [0.1, 0.15) is 27.3 Å². The maximum absolute atomic E-state index is 10.7. The van der Waals surface area contributed by atoms with Crippen LogP contribution in [0.2, 0.25) is 0 Å². The van der Waals surface area contributed by atoms with E-state index in [1.807, 2.05) is 23.7 Å². The predicted octanol–water partition coefficient (Wildman–Crippen LogP) is 2.74. The number of aldehydes is 1. The van der Waals surface area contributed by atoms with Crippen LogP contribution < -0.4 is 0 Å². The molecule has 0 amide bonds. The lowest BCUT2D eigenvalue weighted by molar-refractivity contribution is 0.111. The van der Waals surface area contributed by atoms with E-state index in [2.05, 4.69) is 31.2 Å². The molecule has 0 unspecified atom stereocenters. The van der Waals surface area contributed by atoms with Crippen LogP contribution in [0, 0.1) is 6.92 Å². The number of carbonyl (C=O) groups excluding carboxylic acids is 1. The van der Waals surface area contributed by atoms with Crippen molar-refractivity contribution >= 4 is 6.29 Å².